The molecule has 1 fully saturated rings. The minimum Gasteiger partial charge on any atom is -0.381 e. The van der Waals surface area contributed by atoms with Gasteiger partial charge in [-0.1, -0.05) is 15.9 Å². The third-order valence-corrected chi connectivity index (χ3v) is 3.56. The molecule has 1 aromatic rings. The molecule has 104 valence electrons. The second kappa shape index (κ2) is 7.06. The summed E-state index contributed by atoms with van der Waals surface area (Å²) in [6, 6.07) is 5.72. The molecule has 1 aromatic carbocycles. The van der Waals surface area contributed by atoms with Crippen molar-refractivity contribution in [2.75, 3.05) is 19.8 Å². The van der Waals surface area contributed by atoms with E-state index in [4.69, 9.17) is 4.74 Å². The van der Waals surface area contributed by atoms with E-state index >= 15 is 0 Å². The van der Waals surface area contributed by atoms with Crippen molar-refractivity contribution in [3.63, 3.8) is 0 Å². The van der Waals surface area contributed by atoms with Crippen molar-refractivity contribution in [2.45, 2.75) is 26.2 Å². The number of hydrogen-bond acceptors (Lipinski definition) is 2. The Labute approximate surface area is 122 Å². The first-order valence-electron chi connectivity index (χ1n) is 6.78. The maximum atomic E-state index is 11.9. The smallest absolute Gasteiger partial charge is 0.251 e. The summed E-state index contributed by atoms with van der Waals surface area (Å²) in [6.07, 6.45) is 3.50. The Morgan fingerprint density at radius 2 is 2.21 bits per heavy atom. The lowest BCUT2D eigenvalue weighted by Gasteiger charge is -2.07. The zero-order valence-electron chi connectivity index (χ0n) is 11.2. The molecule has 0 unspecified atom stereocenters. The Kier molecular flexibility index (Phi) is 5.40. The Bertz CT molecular complexity index is 424. The van der Waals surface area contributed by atoms with Gasteiger partial charge < -0.3 is 10.1 Å². The number of nitrogens with one attached hydrogen (secondary N) is 1. The normalized spacial score (nSPS) is 14.4. The molecule has 1 amide bonds. The van der Waals surface area contributed by atoms with Crippen LogP contribution in [0.25, 0.3) is 0 Å². The number of aryl methyl sites for hydroxylation is 1. The van der Waals surface area contributed by atoms with Crippen LogP contribution in [0.1, 0.15) is 35.2 Å². The molecule has 2 rings (SSSR count). The summed E-state index contributed by atoms with van der Waals surface area (Å²) >= 11 is 3.40. The van der Waals surface area contributed by atoms with Gasteiger partial charge >= 0.3 is 0 Å². The third-order valence-electron chi connectivity index (χ3n) is 3.11. The third kappa shape index (κ3) is 5.33. The highest BCUT2D eigenvalue weighted by Gasteiger charge is 2.20. The molecule has 1 aliphatic carbocycles. The number of ether oxygens (including phenoxy) is 1. The summed E-state index contributed by atoms with van der Waals surface area (Å²) in [5, 5.41) is 2.92. The van der Waals surface area contributed by atoms with E-state index < -0.39 is 0 Å². The van der Waals surface area contributed by atoms with Crippen LogP contribution >= 0.6 is 15.9 Å². The van der Waals surface area contributed by atoms with Gasteiger partial charge in [0.05, 0.1) is 0 Å². The predicted octanol–water partition coefficient (Wildman–Crippen LogP) is 3.30. The second-order valence-electron chi connectivity index (χ2n) is 5.15. The van der Waals surface area contributed by atoms with E-state index in [0.29, 0.717) is 12.1 Å². The molecular weight excluding hydrogens is 306 g/mol. The van der Waals surface area contributed by atoms with Crippen LogP contribution in [-0.4, -0.2) is 25.7 Å². The van der Waals surface area contributed by atoms with Gasteiger partial charge in [0, 0.05) is 29.8 Å². The molecule has 0 heterocycles. The van der Waals surface area contributed by atoms with Gasteiger partial charge in [-0.3, -0.25) is 4.79 Å². The van der Waals surface area contributed by atoms with Gasteiger partial charge in [-0.25, -0.2) is 0 Å². The van der Waals surface area contributed by atoms with E-state index in [2.05, 4.69) is 21.2 Å². The van der Waals surface area contributed by atoms with Crippen molar-refractivity contribution in [3.05, 3.63) is 33.8 Å². The Morgan fingerprint density at radius 1 is 1.42 bits per heavy atom. The lowest BCUT2D eigenvalue weighted by molar-refractivity contribution is 0.0937. The number of benzene rings is 1. The summed E-state index contributed by atoms with van der Waals surface area (Å²) in [5.74, 6) is 0.783. The Morgan fingerprint density at radius 3 is 2.89 bits per heavy atom. The summed E-state index contributed by atoms with van der Waals surface area (Å²) < 4.78 is 6.46. The van der Waals surface area contributed by atoms with Gasteiger partial charge in [-0.15, -0.1) is 0 Å². The quantitative estimate of drug-likeness (QED) is 0.781. The molecule has 1 aliphatic rings. The molecule has 0 aliphatic heterocycles. The van der Waals surface area contributed by atoms with Crippen molar-refractivity contribution in [1.82, 2.24) is 5.32 Å². The number of halogens is 1. The summed E-state index contributed by atoms with van der Waals surface area (Å²) in [5.41, 5.74) is 1.78. The summed E-state index contributed by atoms with van der Waals surface area (Å²) in [6.45, 7) is 4.26. The SMILES string of the molecule is Cc1cc(Br)cc(C(=O)NCCCOCC2CC2)c1. The van der Waals surface area contributed by atoms with Crippen molar-refractivity contribution in [1.29, 1.82) is 0 Å². The first kappa shape index (κ1) is 14.5. The molecule has 0 atom stereocenters. The molecular formula is C15H20BrNO2. The van der Waals surface area contributed by atoms with Crippen LogP contribution in [0.15, 0.2) is 22.7 Å². The molecule has 0 bridgehead atoms. The Hall–Kier alpha value is -0.870. The van der Waals surface area contributed by atoms with Gasteiger partial charge in [0.25, 0.3) is 5.91 Å². The number of carbonyl (C=O) groups is 1. The largest absolute Gasteiger partial charge is 0.381 e. The van der Waals surface area contributed by atoms with E-state index in [0.717, 1.165) is 35.6 Å². The van der Waals surface area contributed by atoms with E-state index in [-0.39, 0.29) is 5.91 Å². The minimum atomic E-state index is -0.0217. The fraction of sp³-hybridized carbons (Fsp3) is 0.533. The summed E-state index contributed by atoms with van der Waals surface area (Å²) in [7, 11) is 0. The standard InChI is InChI=1S/C15H20BrNO2/c1-11-7-13(9-14(16)8-11)15(18)17-5-2-6-19-10-12-3-4-12/h7-9,12H,2-6,10H2,1H3,(H,17,18). The number of carbonyl (C=O) groups excluding carboxylic acids is 1. The van der Waals surface area contributed by atoms with Gasteiger partial charge in [-0.05, 0) is 55.9 Å². The lowest BCUT2D eigenvalue weighted by atomic mass is 10.1. The molecule has 0 saturated heterocycles. The molecule has 1 saturated carbocycles. The molecule has 3 nitrogen and oxygen atoms in total. The van der Waals surface area contributed by atoms with Crippen molar-refractivity contribution in [2.24, 2.45) is 5.92 Å². The van der Waals surface area contributed by atoms with Crippen LogP contribution in [0.5, 0.6) is 0 Å². The second-order valence-corrected chi connectivity index (χ2v) is 6.06. The number of hydrogen-bond donors (Lipinski definition) is 1. The zero-order valence-corrected chi connectivity index (χ0v) is 12.8. The zero-order chi connectivity index (χ0) is 13.7. The van der Waals surface area contributed by atoms with Crippen LogP contribution in [0.4, 0.5) is 0 Å². The summed E-state index contributed by atoms with van der Waals surface area (Å²) in [4.78, 5) is 11.9. The fourth-order valence-corrected chi connectivity index (χ4v) is 2.49. The molecule has 1 N–H and O–H groups in total. The van der Waals surface area contributed by atoms with E-state index in [9.17, 15) is 4.79 Å². The highest BCUT2D eigenvalue weighted by molar-refractivity contribution is 9.10. The predicted molar refractivity (Wildman–Crippen MR) is 79.4 cm³/mol. The van der Waals surface area contributed by atoms with Crippen molar-refractivity contribution < 1.29 is 9.53 Å². The van der Waals surface area contributed by atoms with Crippen LogP contribution in [0.2, 0.25) is 0 Å². The number of amides is 1. The number of rotatable bonds is 7. The average Bonchev–Trinajstić information content (AvgIpc) is 3.16. The van der Waals surface area contributed by atoms with E-state index in [1.165, 1.54) is 12.8 Å². The van der Waals surface area contributed by atoms with Gasteiger partial charge in [-0.2, -0.15) is 0 Å². The minimum absolute atomic E-state index is 0.0217. The van der Waals surface area contributed by atoms with E-state index in [1.807, 2.05) is 25.1 Å². The Balaban J connectivity index is 1.65. The van der Waals surface area contributed by atoms with Crippen LogP contribution < -0.4 is 5.32 Å². The van der Waals surface area contributed by atoms with Crippen molar-refractivity contribution >= 4 is 21.8 Å². The highest BCUT2D eigenvalue weighted by Crippen LogP contribution is 2.28. The van der Waals surface area contributed by atoms with E-state index in [1.54, 1.807) is 0 Å². The molecule has 4 heteroatoms. The fourth-order valence-electron chi connectivity index (χ4n) is 1.88. The molecule has 0 spiro atoms. The maximum Gasteiger partial charge on any atom is 0.251 e. The van der Waals surface area contributed by atoms with Gasteiger partial charge in [0.15, 0.2) is 0 Å². The van der Waals surface area contributed by atoms with Gasteiger partial charge in [0.1, 0.15) is 0 Å². The topological polar surface area (TPSA) is 38.3 Å². The van der Waals surface area contributed by atoms with Crippen molar-refractivity contribution in [3.8, 4) is 0 Å². The molecule has 0 radical (unpaired) electrons. The molecule has 19 heavy (non-hydrogen) atoms. The first-order chi connectivity index (χ1) is 9.15. The lowest BCUT2D eigenvalue weighted by Crippen LogP contribution is -2.25. The monoisotopic (exact) mass is 325 g/mol. The first-order valence-corrected chi connectivity index (χ1v) is 7.57. The van der Waals surface area contributed by atoms with Gasteiger partial charge in [0.2, 0.25) is 0 Å². The van der Waals surface area contributed by atoms with Crippen LogP contribution in [-0.2, 0) is 4.74 Å². The van der Waals surface area contributed by atoms with Crippen LogP contribution in [0.3, 0.4) is 0 Å². The van der Waals surface area contributed by atoms with Crippen LogP contribution in [0, 0.1) is 12.8 Å². The average molecular weight is 326 g/mol. The highest BCUT2D eigenvalue weighted by atomic mass is 79.9. The molecule has 0 aromatic heterocycles. The maximum absolute atomic E-state index is 11.9.